The standard InChI is InChI=1S/C19H23FN4O.HI/c1-2-21-19(23-12-14-8-9-14)24-13-15-5-4-10-22-18(15)25-17-7-3-6-16(20)11-17;/h3-7,10-11,14H,2,8-9,12-13H2,1H3,(H2,21,23,24);1H. The van der Waals surface area contributed by atoms with Crippen LogP contribution in [0.15, 0.2) is 47.6 Å². The van der Waals surface area contributed by atoms with Gasteiger partial charge in [0.1, 0.15) is 11.6 Å². The van der Waals surface area contributed by atoms with Gasteiger partial charge in [-0.05, 0) is 43.9 Å². The van der Waals surface area contributed by atoms with Crippen LogP contribution in [0.3, 0.4) is 0 Å². The highest BCUT2D eigenvalue weighted by Gasteiger charge is 2.21. The quantitative estimate of drug-likeness (QED) is 0.364. The van der Waals surface area contributed by atoms with E-state index >= 15 is 0 Å². The van der Waals surface area contributed by atoms with Crippen molar-refractivity contribution in [2.75, 3.05) is 13.1 Å². The lowest BCUT2D eigenvalue weighted by molar-refractivity contribution is 0.452. The summed E-state index contributed by atoms with van der Waals surface area (Å²) >= 11 is 0. The molecule has 1 heterocycles. The number of benzene rings is 1. The van der Waals surface area contributed by atoms with Crippen molar-refractivity contribution in [3.05, 3.63) is 54.0 Å². The van der Waals surface area contributed by atoms with Crippen LogP contribution in [0.2, 0.25) is 0 Å². The van der Waals surface area contributed by atoms with E-state index in [1.54, 1.807) is 18.3 Å². The molecule has 2 N–H and O–H groups in total. The van der Waals surface area contributed by atoms with E-state index in [2.05, 4.69) is 20.6 Å². The van der Waals surface area contributed by atoms with Crippen LogP contribution in [-0.2, 0) is 6.54 Å². The lowest BCUT2D eigenvalue weighted by Gasteiger charge is -2.12. The summed E-state index contributed by atoms with van der Waals surface area (Å²) in [5.74, 6) is 2.08. The molecule has 3 rings (SSSR count). The SMILES string of the molecule is CCNC(=NCc1cccnc1Oc1cccc(F)c1)NCC1CC1.I. The Morgan fingerprint density at radius 3 is 2.85 bits per heavy atom. The first kappa shape index (κ1) is 20.4. The first-order chi connectivity index (χ1) is 12.2. The molecule has 0 bridgehead atoms. The van der Waals surface area contributed by atoms with Gasteiger partial charge in [0.25, 0.3) is 0 Å². The van der Waals surface area contributed by atoms with Crippen molar-refractivity contribution in [2.45, 2.75) is 26.3 Å². The topological polar surface area (TPSA) is 58.5 Å². The Morgan fingerprint density at radius 1 is 1.27 bits per heavy atom. The van der Waals surface area contributed by atoms with Gasteiger partial charge < -0.3 is 15.4 Å². The Labute approximate surface area is 170 Å². The van der Waals surface area contributed by atoms with Crippen molar-refractivity contribution in [3.8, 4) is 11.6 Å². The number of halogens is 2. The predicted octanol–water partition coefficient (Wildman–Crippen LogP) is 4.10. The molecule has 26 heavy (non-hydrogen) atoms. The molecule has 5 nitrogen and oxygen atoms in total. The van der Waals surface area contributed by atoms with Crippen LogP contribution in [0.4, 0.5) is 4.39 Å². The van der Waals surface area contributed by atoms with Crippen molar-refractivity contribution in [1.82, 2.24) is 15.6 Å². The largest absolute Gasteiger partial charge is 0.439 e. The zero-order chi connectivity index (χ0) is 17.5. The van der Waals surface area contributed by atoms with Gasteiger partial charge in [0.05, 0.1) is 6.54 Å². The second-order valence-electron chi connectivity index (χ2n) is 6.05. The van der Waals surface area contributed by atoms with Gasteiger partial charge in [0.15, 0.2) is 5.96 Å². The molecule has 1 fully saturated rings. The lowest BCUT2D eigenvalue weighted by atomic mass is 10.2. The van der Waals surface area contributed by atoms with E-state index in [0.29, 0.717) is 18.2 Å². The number of guanidine groups is 1. The average Bonchev–Trinajstić information content (AvgIpc) is 3.43. The molecular formula is C19H24FIN4O. The molecule has 1 aliphatic rings. The minimum atomic E-state index is -0.341. The molecule has 0 amide bonds. The van der Waals surface area contributed by atoms with Gasteiger partial charge in [-0.3, -0.25) is 0 Å². The summed E-state index contributed by atoms with van der Waals surface area (Å²) in [6, 6.07) is 9.78. The molecule has 140 valence electrons. The van der Waals surface area contributed by atoms with E-state index in [1.165, 1.54) is 25.0 Å². The molecule has 2 aromatic rings. The Kier molecular flexibility index (Phi) is 8.08. The molecule has 0 atom stereocenters. The summed E-state index contributed by atoms with van der Waals surface area (Å²) in [6.45, 7) is 4.22. The molecule has 1 aromatic heterocycles. The van der Waals surface area contributed by atoms with Crippen LogP contribution < -0.4 is 15.4 Å². The van der Waals surface area contributed by atoms with Gasteiger partial charge in [0, 0.05) is 30.9 Å². The summed E-state index contributed by atoms with van der Waals surface area (Å²) in [7, 11) is 0. The van der Waals surface area contributed by atoms with Crippen molar-refractivity contribution in [2.24, 2.45) is 10.9 Å². The molecule has 0 aliphatic heterocycles. The molecule has 0 unspecified atom stereocenters. The number of aromatic nitrogens is 1. The van der Waals surface area contributed by atoms with Gasteiger partial charge in [0.2, 0.25) is 5.88 Å². The summed E-state index contributed by atoms with van der Waals surface area (Å²) in [6.07, 6.45) is 4.24. The van der Waals surface area contributed by atoms with Gasteiger partial charge in [-0.2, -0.15) is 0 Å². The number of nitrogens with one attached hydrogen (secondary N) is 2. The number of hydrogen-bond acceptors (Lipinski definition) is 3. The maximum atomic E-state index is 13.3. The summed E-state index contributed by atoms with van der Waals surface area (Å²) < 4.78 is 19.1. The van der Waals surface area contributed by atoms with Crippen LogP contribution in [0.1, 0.15) is 25.3 Å². The third kappa shape index (κ3) is 6.44. The summed E-state index contributed by atoms with van der Waals surface area (Å²) in [5, 5.41) is 6.60. The van der Waals surface area contributed by atoms with Crippen LogP contribution >= 0.6 is 24.0 Å². The predicted molar refractivity (Wildman–Crippen MR) is 112 cm³/mol. The van der Waals surface area contributed by atoms with E-state index in [-0.39, 0.29) is 29.8 Å². The molecule has 1 saturated carbocycles. The second-order valence-corrected chi connectivity index (χ2v) is 6.05. The minimum Gasteiger partial charge on any atom is -0.439 e. The normalized spacial score (nSPS) is 13.7. The van der Waals surface area contributed by atoms with E-state index < -0.39 is 0 Å². The Hall–Kier alpha value is -1.90. The van der Waals surface area contributed by atoms with Gasteiger partial charge in [-0.15, -0.1) is 24.0 Å². The monoisotopic (exact) mass is 470 g/mol. The number of aliphatic imine (C=N–C) groups is 1. The number of ether oxygens (including phenoxy) is 1. The third-order valence-electron chi connectivity index (χ3n) is 3.87. The lowest BCUT2D eigenvalue weighted by Crippen LogP contribution is -2.38. The molecule has 0 radical (unpaired) electrons. The van der Waals surface area contributed by atoms with Gasteiger partial charge in [-0.25, -0.2) is 14.4 Å². The highest BCUT2D eigenvalue weighted by Crippen LogP contribution is 2.27. The van der Waals surface area contributed by atoms with Crippen LogP contribution in [0.25, 0.3) is 0 Å². The molecular weight excluding hydrogens is 446 g/mol. The zero-order valence-electron chi connectivity index (χ0n) is 14.7. The molecule has 0 saturated heterocycles. The summed E-state index contributed by atoms with van der Waals surface area (Å²) in [4.78, 5) is 8.86. The third-order valence-corrected chi connectivity index (χ3v) is 3.87. The average molecular weight is 470 g/mol. The Morgan fingerprint density at radius 2 is 2.12 bits per heavy atom. The number of hydrogen-bond donors (Lipinski definition) is 2. The fourth-order valence-corrected chi connectivity index (χ4v) is 2.35. The molecule has 1 aliphatic carbocycles. The van der Waals surface area contributed by atoms with E-state index in [9.17, 15) is 4.39 Å². The van der Waals surface area contributed by atoms with Crippen molar-refractivity contribution >= 4 is 29.9 Å². The summed E-state index contributed by atoms with van der Waals surface area (Å²) in [5.41, 5.74) is 0.843. The van der Waals surface area contributed by atoms with Gasteiger partial charge >= 0.3 is 0 Å². The van der Waals surface area contributed by atoms with Crippen molar-refractivity contribution in [1.29, 1.82) is 0 Å². The van der Waals surface area contributed by atoms with Crippen molar-refractivity contribution in [3.63, 3.8) is 0 Å². The maximum Gasteiger partial charge on any atom is 0.224 e. The zero-order valence-corrected chi connectivity index (χ0v) is 17.1. The molecule has 7 heteroatoms. The fourth-order valence-electron chi connectivity index (χ4n) is 2.35. The van der Waals surface area contributed by atoms with E-state index in [1.807, 2.05) is 19.1 Å². The van der Waals surface area contributed by atoms with Crippen LogP contribution in [0.5, 0.6) is 11.6 Å². The Balaban J connectivity index is 0.00000243. The second kappa shape index (κ2) is 10.3. The van der Waals surface area contributed by atoms with Crippen LogP contribution in [-0.4, -0.2) is 24.0 Å². The van der Waals surface area contributed by atoms with Crippen LogP contribution in [0, 0.1) is 11.7 Å². The van der Waals surface area contributed by atoms with E-state index in [0.717, 1.165) is 30.5 Å². The van der Waals surface area contributed by atoms with E-state index in [4.69, 9.17) is 4.74 Å². The minimum absolute atomic E-state index is 0. The van der Waals surface area contributed by atoms with Crippen molar-refractivity contribution < 1.29 is 9.13 Å². The number of rotatable bonds is 7. The highest BCUT2D eigenvalue weighted by molar-refractivity contribution is 14.0. The molecule has 1 aromatic carbocycles. The number of nitrogens with zero attached hydrogens (tertiary/aromatic N) is 2. The maximum absolute atomic E-state index is 13.3. The highest BCUT2D eigenvalue weighted by atomic mass is 127. The smallest absolute Gasteiger partial charge is 0.224 e. The molecule has 0 spiro atoms. The first-order valence-electron chi connectivity index (χ1n) is 8.64. The first-order valence-corrected chi connectivity index (χ1v) is 8.64. The number of pyridine rings is 1. The van der Waals surface area contributed by atoms with Gasteiger partial charge in [-0.1, -0.05) is 12.1 Å². The Bertz CT molecular complexity index is 737. The fraction of sp³-hybridized carbons (Fsp3) is 0.368.